The summed E-state index contributed by atoms with van der Waals surface area (Å²) in [6, 6.07) is 12.3. The van der Waals surface area contributed by atoms with Gasteiger partial charge in [-0.05, 0) is 55.8 Å². The second-order valence-electron chi connectivity index (χ2n) is 6.92. The molecule has 1 saturated heterocycles. The van der Waals surface area contributed by atoms with Crippen LogP contribution in [0.15, 0.2) is 53.6 Å². The third-order valence-corrected chi connectivity index (χ3v) is 5.01. The molecule has 1 amide bonds. The van der Waals surface area contributed by atoms with Crippen molar-refractivity contribution in [2.24, 2.45) is 0 Å². The minimum Gasteiger partial charge on any atom is -0.349 e. The summed E-state index contributed by atoms with van der Waals surface area (Å²) >= 11 is 0. The van der Waals surface area contributed by atoms with Crippen LogP contribution in [0.5, 0.6) is 0 Å². The highest BCUT2D eigenvalue weighted by atomic mass is 16.2. The zero-order valence-electron chi connectivity index (χ0n) is 15.7. The van der Waals surface area contributed by atoms with Crippen LogP contribution >= 0.6 is 0 Å². The maximum atomic E-state index is 12.7. The Kier molecular flexibility index (Phi) is 5.22. The quantitative estimate of drug-likeness (QED) is 0.628. The first kappa shape index (κ1) is 18.7. The Morgan fingerprint density at radius 2 is 1.93 bits per heavy atom. The van der Waals surface area contributed by atoms with Crippen LogP contribution in [-0.4, -0.2) is 39.8 Å². The molecule has 0 bridgehead atoms. The number of carbonyl (C=O) groups is 1. The van der Waals surface area contributed by atoms with Crippen LogP contribution < -0.4 is 16.2 Å². The highest BCUT2D eigenvalue weighted by Gasteiger charge is 2.17. The number of aromatic nitrogens is 3. The van der Waals surface area contributed by atoms with Crippen molar-refractivity contribution < 1.29 is 4.79 Å². The van der Waals surface area contributed by atoms with Crippen LogP contribution in [0.3, 0.4) is 0 Å². The first-order valence-electron chi connectivity index (χ1n) is 9.44. The van der Waals surface area contributed by atoms with Gasteiger partial charge in [0.2, 0.25) is 0 Å². The lowest BCUT2D eigenvalue weighted by Crippen LogP contribution is -2.42. The molecule has 146 valence electrons. The smallest absolute Gasteiger partial charge is 0.280 e. The summed E-state index contributed by atoms with van der Waals surface area (Å²) in [6.07, 6.45) is 4.89. The van der Waals surface area contributed by atoms with E-state index in [-0.39, 0.29) is 17.5 Å². The summed E-state index contributed by atoms with van der Waals surface area (Å²) in [5, 5.41) is 18.1. The highest BCUT2D eigenvalue weighted by Crippen LogP contribution is 2.16. The number of amides is 1. The van der Waals surface area contributed by atoms with Crippen LogP contribution in [0.4, 0.5) is 0 Å². The Bertz CT molecular complexity index is 1100. The van der Waals surface area contributed by atoms with Crippen molar-refractivity contribution >= 4 is 5.91 Å². The van der Waals surface area contributed by atoms with Gasteiger partial charge in [-0.15, -0.1) is 0 Å². The van der Waals surface area contributed by atoms with Crippen molar-refractivity contribution in [3.05, 3.63) is 70.3 Å². The van der Waals surface area contributed by atoms with Crippen molar-refractivity contribution in [2.45, 2.75) is 18.9 Å². The Labute approximate surface area is 167 Å². The molecule has 0 atom stereocenters. The summed E-state index contributed by atoms with van der Waals surface area (Å²) in [6.45, 7) is 1.80. The molecule has 0 radical (unpaired) electrons. The number of H-pyrrole nitrogens is 1. The van der Waals surface area contributed by atoms with Crippen molar-refractivity contribution in [3.8, 4) is 23.0 Å². The number of nitrogens with zero attached hydrogens (tertiary/aromatic N) is 3. The summed E-state index contributed by atoms with van der Waals surface area (Å²) in [5.41, 5.74) is 1.92. The predicted molar refractivity (Wildman–Crippen MR) is 108 cm³/mol. The molecular formula is C21H20N6O2. The van der Waals surface area contributed by atoms with E-state index in [0.717, 1.165) is 25.9 Å². The molecule has 1 fully saturated rings. The SMILES string of the molecule is N#Cc1ccc(-c2c[nH]n(-c3ccc(C(=O)NC4CCNCC4)cn3)c2=O)cc1. The molecule has 8 heteroatoms. The minimum atomic E-state index is -0.255. The summed E-state index contributed by atoms with van der Waals surface area (Å²) < 4.78 is 1.32. The molecule has 1 aromatic carbocycles. The number of benzene rings is 1. The fourth-order valence-electron chi connectivity index (χ4n) is 3.36. The Morgan fingerprint density at radius 3 is 2.59 bits per heavy atom. The number of carbonyl (C=O) groups excluding carboxylic acids is 1. The number of rotatable bonds is 4. The minimum absolute atomic E-state index is 0.159. The molecule has 0 aliphatic carbocycles. The lowest BCUT2D eigenvalue weighted by Gasteiger charge is -2.23. The standard InChI is InChI=1S/C21H20N6O2/c22-11-14-1-3-15(4-2-14)18-13-25-27(21(18)29)19-6-5-16(12-24-19)20(28)26-17-7-9-23-10-8-17/h1-6,12-13,17,23,25H,7-10H2,(H,26,28). The van der Waals surface area contributed by atoms with Crippen LogP contribution in [-0.2, 0) is 0 Å². The number of nitrogens with one attached hydrogen (secondary N) is 3. The van der Waals surface area contributed by atoms with E-state index >= 15 is 0 Å². The van der Waals surface area contributed by atoms with E-state index in [1.165, 1.54) is 10.9 Å². The van der Waals surface area contributed by atoms with E-state index in [2.05, 4.69) is 26.8 Å². The predicted octanol–water partition coefficient (Wildman–Crippen LogP) is 1.58. The largest absolute Gasteiger partial charge is 0.349 e. The van der Waals surface area contributed by atoms with Gasteiger partial charge in [0.15, 0.2) is 5.82 Å². The fraction of sp³-hybridized carbons (Fsp3) is 0.238. The second kappa shape index (κ2) is 8.12. The summed E-state index contributed by atoms with van der Waals surface area (Å²) in [7, 11) is 0. The maximum absolute atomic E-state index is 12.7. The Hall–Kier alpha value is -3.70. The summed E-state index contributed by atoms with van der Waals surface area (Å²) in [5.74, 6) is 0.237. The Balaban J connectivity index is 1.52. The van der Waals surface area contributed by atoms with Crippen LogP contribution in [0.2, 0.25) is 0 Å². The van der Waals surface area contributed by atoms with Gasteiger partial charge in [-0.3, -0.25) is 14.7 Å². The summed E-state index contributed by atoms with van der Waals surface area (Å²) in [4.78, 5) is 29.4. The zero-order chi connectivity index (χ0) is 20.2. The number of pyridine rings is 1. The molecule has 3 N–H and O–H groups in total. The molecule has 1 aliphatic rings. The van der Waals surface area contributed by atoms with E-state index in [4.69, 9.17) is 5.26 Å². The molecule has 0 unspecified atom stereocenters. The lowest BCUT2D eigenvalue weighted by molar-refractivity contribution is 0.0929. The van der Waals surface area contributed by atoms with Gasteiger partial charge in [0.05, 0.1) is 22.8 Å². The number of hydrogen-bond acceptors (Lipinski definition) is 5. The van der Waals surface area contributed by atoms with Crippen LogP contribution in [0.1, 0.15) is 28.8 Å². The maximum Gasteiger partial charge on any atom is 0.280 e. The van der Waals surface area contributed by atoms with Crippen LogP contribution in [0.25, 0.3) is 16.9 Å². The van der Waals surface area contributed by atoms with E-state index in [9.17, 15) is 9.59 Å². The normalized spacial score (nSPS) is 14.3. The molecule has 1 aliphatic heterocycles. The van der Waals surface area contributed by atoms with Gasteiger partial charge in [0, 0.05) is 18.4 Å². The van der Waals surface area contributed by atoms with Gasteiger partial charge < -0.3 is 10.6 Å². The molecule has 29 heavy (non-hydrogen) atoms. The molecule has 2 aromatic heterocycles. The molecule has 3 heterocycles. The second-order valence-corrected chi connectivity index (χ2v) is 6.92. The van der Waals surface area contributed by atoms with Crippen molar-refractivity contribution in [2.75, 3.05) is 13.1 Å². The Morgan fingerprint density at radius 1 is 1.17 bits per heavy atom. The van der Waals surface area contributed by atoms with Gasteiger partial charge in [0.25, 0.3) is 11.5 Å². The van der Waals surface area contributed by atoms with Gasteiger partial charge in [-0.25, -0.2) is 9.67 Å². The number of aromatic amines is 1. The van der Waals surface area contributed by atoms with Gasteiger partial charge in [-0.1, -0.05) is 12.1 Å². The first-order chi connectivity index (χ1) is 14.2. The van der Waals surface area contributed by atoms with E-state index in [1.54, 1.807) is 42.6 Å². The lowest BCUT2D eigenvalue weighted by atomic mass is 10.1. The van der Waals surface area contributed by atoms with E-state index in [0.29, 0.717) is 28.1 Å². The molecule has 8 nitrogen and oxygen atoms in total. The van der Waals surface area contributed by atoms with E-state index < -0.39 is 0 Å². The number of nitriles is 1. The fourth-order valence-corrected chi connectivity index (χ4v) is 3.36. The highest BCUT2D eigenvalue weighted by molar-refractivity contribution is 5.94. The number of piperidine rings is 1. The molecule has 3 aromatic rings. The van der Waals surface area contributed by atoms with Crippen molar-refractivity contribution in [1.82, 2.24) is 25.4 Å². The average Bonchev–Trinajstić information content (AvgIpc) is 3.16. The van der Waals surface area contributed by atoms with Gasteiger partial charge >= 0.3 is 0 Å². The van der Waals surface area contributed by atoms with Crippen LogP contribution in [0, 0.1) is 11.3 Å². The zero-order valence-corrected chi connectivity index (χ0v) is 15.7. The van der Waals surface area contributed by atoms with Crippen molar-refractivity contribution in [3.63, 3.8) is 0 Å². The van der Waals surface area contributed by atoms with Gasteiger partial charge in [-0.2, -0.15) is 5.26 Å². The first-order valence-corrected chi connectivity index (χ1v) is 9.44. The molecular weight excluding hydrogens is 368 g/mol. The van der Waals surface area contributed by atoms with E-state index in [1.807, 2.05) is 0 Å². The number of hydrogen-bond donors (Lipinski definition) is 3. The molecule has 0 saturated carbocycles. The third kappa shape index (κ3) is 3.95. The van der Waals surface area contributed by atoms with Gasteiger partial charge in [0.1, 0.15) is 0 Å². The molecule has 4 rings (SSSR count). The average molecular weight is 388 g/mol. The monoisotopic (exact) mass is 388 g/mol. The molecule has 0 spiro atoms. The topological polar surface area (TPSA) is 116 Å². The third-order valence-electron chi connectivity index (χ3n) is 5.01. The van der Waals surface area contributed by atoms with Crippen molar-refractivity contribution in [1.29, 1.82) is 5.26 Å².